The summed E-state index contributed by atoms with van der Waals surface area (Å²) in [6.07, 6.45) is 0. The van der Waals surface area contributed by atoms with Crippen LogP contribution < -0.4 is 15.4 Å². The lowest BCUT2D eigenvalue weighted by Crippen LogP contribution is -2.28. The molecule has 0 bridgehead atoms. The van der Waals surface area contributed by atoms with Crippen LogP contribution in [0.25, 0.3) is 10.2 Å². The van der Waals surface area contributed by atoms with Crippen molar-refractivity contribution in [2.45, 2.75) is 18.7 Å². The van der Waals surface area contributed by atoms with Gasteiger partial charge in [-0.3, -0.25) is 4.72 Å². The average molecular weight is 390 g/mol. The van der Waals surface area contributed by atoms with Crippen LogP contribution in [0.1, 0.15) is 12.5 Å². The predicted octanol–water partition coefficient (Wildman–Crippen LogP) is 3.55. The van der Waals surface area contributed by atoms with Crippen LogP contribution in [-0.4, -0.2) is 26.0 Å². The third-order valence-corrected chi connectivity index (χ3v) is 5.97. The van der Waals surface area contributed by atoms with Crippen molar-refractivity contribution in [3.63, 3.8) is 0 Å². The van der Waals surface area contributed by atoms with E-state index in [4.69, 9.17) is 0 Å². The van der Waals surface area contributed by atoms with Crippen LogP contribution >= 0.6 is 11.3 Å². The number of hydrogen-bond donors (Lipinski definition) is 3. The van der Waals surface area contributed by atoms with Gasteiger partial charge in [-0.25, -0.2) is 18.2 Å². The summed E-state index contributed by atoms with van der Waals surface area (Å²) in [7, 11) is -3.70. The fourth-order valence-electron chi connectivity index (χ4n) is 2.28. The number of benzene rings is 2. The SMILES string of the molecule is CCNC(=O)Nc1ccc2sc(NS(=O)(=O)c3ccc(C)cc3)nc2c1. The molecule has 2 amide bonds. The van der Waals surface area contributed by atoms with Gasteiger partial charge in [-0.1, -0.05) is 29.0 Å². The van der Waals surface area contributed by atoms with Crippen LogP contribution in [-0.2, 0) is 10.0 Å². The normalized spacial score (nSPS) is 11.3. The Morgan fingerprint density at radius 1 is 1.15 bits per heavy atom. The minimum absolute atomic E-state index is 0.181. The molecule has 2 aromatic carbocycles. The highest BCUT2D eigenvalue weighted by atomic mass is 32.2. The Bertz CT molecular complexity index is 1040. The van der Waals surface area contributed by atoms with E-state index in [9.17, 15) is 13.2 Å². The molecule has 7 nitrogen and oxygen atoms in total. The number of rotatable bonds is 5. The molecule has 9 heteroatoms. The second-order valence-corrected chi connectivity index (χ2v) is 8.32. The minimum atomic E-state index is -3.70. The van der Waals surface area contributed by atoms with Gasteiger partial charge >= 0.3 is 6.03 Å². The molecule has 0 aliphatic rings. The van der Waals surface area contributed by atoms with Crippen molar-refractivity contribution >= 4 is 48.4 Å². The number of aromatic nitrogens is 1. The van der Waals surface area contributed by atoms with Crippen LogP contribution in [0, 0.1) is 6.92 Å². The Balaban J connectivity index is 1.82. The first-order valence-corrected chi connectivity index (χ1v) is 10.2. The Morgan fingerprint density at radius 3 is 2.58 bits per heavy atom. The Hall–Kier alpha value is -2.65. The molecule has 136 valence electrons. The zero-order valence-corrected chi connectivity index (χ0v) is 15.9. The smallest absolute Gasteiger partial charge is 0.319 e. The quantitative estimate of drug-likeness (QED) is 0.620. The molecule has 26 heavy (non-hydrogen) atoms. The van der Waals surface area contributed by atoms with Crippen molar-refractivity contribution < 1.29 is 13.2 Å². The van der Waals surface area contributed by atoms with Crippen LogP contribution in [0.5, 0.6) is 0 Å². The molecule has 0 spiro atoms. The molecule has 0 aliphatic carbocycles. The monoisotopic (exact) mass is 390 g/mol. The van der Waals surface area contributed by atoms with Crippen molar-refractivity contribution in [2.75, 3.05) is 16.6 Å². The van der Waals surface area contributed by atoms with E-state index < -0.39 is 10.0 Å². The molecule has 0 radical (unpaired) electrons. The molecule has 0 unspecified atom stereocenters. The summed E-state index contributed by atoms with van der Waals surface area (Å²) < 4.78 is 28.2. The molecule has 1 aromatic heterocycles. The van der Waals surface area contributed by atoms with Gasteiger partial charge in [0, 0.05) is 12.2 Å². The van der Waals surface area contributed by atoms with Crippen molar-refractivity contribution in [2.24, 2.45) is 0 Å². The standard InChI is InChI=1S/C17H18N4O3S2/c1-3-18-16(22)19-12-6-9-15-14(10-12)20-17(25-15)21-26(23,24)13-7-4-11(2)5-8-13/h4-10H,3H2,1-2H3,(H,20,21)(H2,18,19,22). The first kappa shape index (κ1) is 18.2. The number of carbonyl (C=O) groups excluding carboxylic acids is 1. The molecular weight excluding hydrogens is 372 g/mol. The third kappa shape index (κ3) is 4.12. The maximum Gasteiger partial charge on any atom is 0.319 e. The fourth-order valence-corrected chi connectivity index (χ4v) is 4.36. The van der Waals surface area contributed by atoms with E-state index in [0.29, 0.717) is 17.7 Å². The molecular formula is C17H18N4O3S2. The Morgan fingerprint density at radius 2 is 1.88 bits per heavy atom. The first-order valence-electron chi connectivity index (χ1n) is 7.92. The highest BCUT2D eigenvalue weighted by Crippen LogP contribution is 2.29. The fraction of sp³-hybridized carbons (Fsp3) is 0.176. The van der Waals surface area contributed by atoms with Crippen LogP contribution in [0.3, 0.4) is 0 Å². The second kappa shape index (κ2) is 7.30. The summed E-state index contributed by atoms with van der Waals surface area (Å²) in [5.74, 6) is 0. The first-order chi connectivity index (χ1) is 12.4. The summed E-state index contributed by atoms with van der Waals surface area (Å²) in [5.41, 5.74) is 2.17. The molecule has 3 aromatic rings. The Kier molecular flexibility index (Phi) is 5.10. The number of hydrogen-bond acceptors (Lipinski definition) is 5. The van der Waals surface area contributed by atoms with Gasteiger partial charge in [0.25, 0.3) is 10.0 Å². The molecule has 0 atom stereocenters. The van der Waals surface area contributed by atoms with Crippen LogP contribution in [0.2, 0.25) is 0 Å². The number of nitrogens with zero attached hydrogens (tertiary/aromatic N) is 1. The lowest BCUT2D eigenvalue weighted by Gasteiger charge is -2.05. The summed E-state index contributed by atoms with van der Waals surface area (Å²) in [6.45, 7) is 4.25. The number of sulfonamides is 1. The highest BCUT2D eigenvalue weighted by molar-refractivity contribution is 7.93. The number of carbonyl (C=O) groups is 1. The number of amides is 2. The Labute approximate surface area is 155 Å². The minimum Gasteiger partial charge on any atom is -0.338 e. The largest absolute Gasteiger partial charge is 0.338 e. The van der Waals surface area contributed by atoms with Crippen molar-refractivity contribution in [3.05, 3.63) is 48.0 Å². The van der Waals surface area contributed by atoms with Crippen molar-refractivity contribution in [1.29, 1.82) is 0 Å². The van der Waals surface area contributed by atoms with Gasteiger partial charge in [0.05, 0.1) is 15.1 Å². The van der Waals surface area contributed by atoms with E-state index >= 15 is 0 Å². The van der Waals surface area contributed by atoms with Gasteiger partial charge in [0.2, 0.25) is 0 Å². The molecule has 3 rings (SSSR count). The molecule has 3 N–H and O–H groups in total. The molecule has 0 saturated carbocycles. The maximum absolute atomic E-state index is 12.5. The lowest BCUT2D eigenvalue weighted by molar-refractivity contribution is 0.252. The topological polar surface area (TPSA) is 100 Å². The number of urea groups is 1. The molecule has 1 heterocycles. The van der Waals surface area contributed by atoms with Gasteiger partial charge in [0.1, 0.15) is 0 Å². The summed E-state index contributed by atoms with van der Waals surface area (Å²) in [5, 5.41) is 5.61. The molecule has 0 saturated heterocycles. The number of aryl methyl sites for hydroxylation is 1. The number of anilines is 2. The van der Waals surface area contributed by atoms with Gasteiger partial charge < -0.3 is 10.6 Å². The van der Waals surface area contributed by atoms with Gasteiger partial charge in [0.15, 0.2) is 5.13 Å². The van der Waals surface area contributed by atoms with Gasteiger partial charge in [-0.2, -0.15) is 0 Å². The maximum atomic E-state index is 12.5. The molecule has 0 fully saturated rings. The highest BCUT2D eigenvalue weighted by Gasteiger charge is 2.16. The van der Waals surface area contributed by atoms with E-state index in [0.717, 1.165) is 10.3 Å². The lowest BCUT2D eigenvalue weighted by atomic mass is 10.2. The third-order valence-electron chi connectivity index (χ3n) is 3.54. The zero-order chi connectivity index (χ0) is 18.7. The van der Waals surface area contributed by atoms with E-state index in [1.165, 1.54) is 11.3 Å². The van der Waals surface area contributed by atoms with Crippen LogP contribution in [0.4, 0.5) is 15.6 Å². The zero-order valence-electron chi connectivity index (χ0n) is 14.2. The number of thiazole rings is 1. The van der Waals surface area contributed by atoms with Gasteiger partial charge in [-0.05, 0) is 44.2 Å². The summed E-state index contributed by atoms with van der Waals surface area (Å²) in [6, 6.07) is 11.5. The van der Waals surface area contributed by atoms with E-state index in [2.05, 4.69) is 20.3 Å². The average Bonchev–Trinajstić information content (AvgIpc) is 2.96. The van der Waals surface area contributed by atoms with E-state index in [-0.39, 0.29) is 16.1 Å². The van der Waals surface area contributed by atoms with Crippen molar-refractivity contribution in [3.8, 4) is 0 Å². The number of fused-ring (bicyclic) bond motifs is 1. The summed E-state index contributed by atoms with van der Waals surface area (Å²) in [4.78, 5) is 16.1. The van der Waals surface area contributed by atoms with Crippen molar-refractivity contribution in [1.82, 2.24) is 10.3 Å². The van der Waals surface area contributed by atoms with E-state index in [1.807, 2.05) is 13.8 Å². The van der Waals surface area contributed by atoms with Crippen LogP contribution in [0.15, 0.2) is 47.4 Å². The number of nitrogens with one attached hydrogen (secondary N) is 3. The van der Waals surface area contributed by atoms with Gasteiger partial charge in [-0.15, -0.1) is 0 Å². The summed E-state index contributed by atoms with van der Waals surface area (Å²) >= 11 is 1.23. The predicted molar refractivity (Wildman–Crippen MR) is 104 cm³/mol. The molecule has 0 aliphatic heterocycles. The second-order valence-electron chi connectivity index (χ2n) is 5.60. The van der Waals surface area contributed by atoms with E-state index in [1.54, 1.807) is 42.5 Å².